The minimum atomic E-state index is -0.469. The van der Waals surface area contributed by atoms with Gasteiger partial charge in [0.2, 0.25) is 0 Å². The third-order valence-electron chi connectivity index (χ3n) is 5.12. The lowest BCUT2D eigenvalue weighted by molar-refractivity contribution is -0.385. The highest BCUT2D eigenvalue weighted by atomic mass is 16.6. The normalized spacial score (nSPS) is 15.7. The van der Waals surface area contributed by atoms with Gasteiger partial charge in [-0.1, -0.05) is 12.1 Å². The van der Waals surface area contributed by atoms with Crippen molar-refractivity contribution >= 4 is 23.5 Å². The molecule has 0 radical (unpaired) electrons. The van der Waals surface area contributed by atoms with Crippen LogP contribution in [0, 0.1) is 10.1 Å². The number of benzene rings is 1. The maximum Gasteiger partial charge on any atom is 0.287 e. The Bertz CT molecular complexity index is 981. The fourth-order valence-electron chi connectivity index (χ4n) is 3.59. The molecule has 1 fully saturated rings. The third-order valence-corrected chi connectivity index (χ3v) is 5.12. The molecule has 156 valence electrons. The van der Waals surface area contributed by atoms with Crippen LogP contribution in [0.4, 0.5) is 11.5 Å². The highest BCUT2D eigenvalue weighted by molar-refractivity contribution is 5.99. The zero-order chi connectivity index (χ0) is 21.1. The Labute approximate surface area is 173 Å². The van der Waals surface area contributed by atoms with Gasteiger partial charge in [0.25, 0.3) is 11.6 Å². The van der Waals surface area contributed by atoms with Gasteiger partial charge in [0.15, 0.2) is 11.5 Å². The summed E-state index contributed by atoms with van der Waals surface area (Å²) < 4.78 is 11.4. The van der Waals surface area contributed by atoms with Crippen LogP contribution in [0.5, 0.6) is 11.5 Å². The summed E-state index contributed by atoms with van der Waals surface area (Å²) in [6, 6.07) is 8.72. The summed E-state index contributed by atoms with van der Waals surface area (Å²) in [5, 5.41) is 10.8. The first kappa shape index (κ1) is 19.7. The summed E-state index contributed by atoms with van der Waals surface area (Å²) in [5.74, 6) is 1.98. The second kappa shape index (κ2) is 8.40. The number of fused-ring (bicyclic) bond motifs is 1. The lowest BCUT2D eigenvalue weighted by atomic mass is 10.1. The number of aromatic nitrogens is 1. The second-order valence-electron chi connectivity index (χ2n) is 6.98. The van der Waals surface area contributed by atoms with Crippen LogP contribution in [0.1, 0.15) is 12.5 Å². The Morgan fingerprint density at radius 3 is 2.70 bits per heavy atom. The van der Waals surface area contributed by atoms with E-state index in [1.54, 1.807) is 11.0 Å². The van der Waals surface area contributed by atoms with Gasteiger partial charge in [-0.25, -0.2) is 4.98 Å². The molecule has 0 spiro atoms. The molecule has 0 N–H and O–H groups in total. The van der Waals surface area contributed by atoms with Crippen LogP contribution in [0.2, 0.25) is 0 Å². The van der Waals surface area contributed by atoms with E-state index in [-0.39, 0.29) is 18.2 Å². The van der Waals surface area contributed by atoms with Crippen LogP contribution in [-0.4, -0.2) is 60.1 Å². The molecule has 9 nitrogen and oxygen atoms in total. The van der Waals surface area contributed by atoms with E-state index in [1.807, 2.05) is 36.1 Å². The van der Waals surface area contributed by atoms with Crippen molar-refractivity contribution in [2.45, 2.75) is 6.92 Å². The number of piperazine rings is 1. The Kier molecular flexibility index (Phi) is 5.51. The topological polar surface area (TPSA) is 98.0 Å². The summed E-state index contributed by atoms with van der Waals surface area (Å²) in [7, 11) is 0. The molecule has 1 amide bonds. The van der Waals surface area contributed by atoms with Gasteiger partial charge in [-0.15, -0.1) is 0 Å². The lowest BCUT2D eigenvalue weighted by Gasteiger charge is -2.36. The van der Waals surface area contributed by atoms with Gasteiger partial charge in [-0.05, 0) is 25.1 Å². The maximum absolute atomic E-state index is 13.0. The third kappa shape index (κ3) is 3.91. The van der Waals surface area contributed by atoms with E-state index in [2.05, 4.69) is 4.98 Å². The van der Waals surface area contributed by atoms with Crippen LogP contribution in [0.15, 0.2) is 42.1 Å². The summed E-state index contributed by atoms with van der Waals surface area (Å²) >= 11 is 0. The predicted molar refractivity (Wildman–Crippen MR) is 111 cm³/mol. The summed E-state index contributed by atoms with van der Waals surface area (Å²) in [6.45, 7) is 4.97. The molecular weight excluding hydrogens is 388 g/mol. The SMILES string of the molecule is CCOc1cccc2c1OCC(C(=O)N1CCN(c3ccc([N+](=O)[O-])cn3)CC1)=C2. The van der Waals surface area contributed by atoms with Crippen molar-refractivity contribution in [1.82, 2.24) is 9.88 Å². The standard InChI is InChI=1S/C21H22N4O5/c1-2-29-18-5-3-4-15-12-16(14-30-20(15)18)21(26)24-10-8-23(9-11-24)19-7-6-17(13-22-19)25(27)28/h3-7,12-13H,2,8-11,14H2,1H3. The number of ether oxygens (including phenoxy) is 2. The van der Waals surface area contributed by atoms with E-state index in [0.717, 1.165) is 5.56 Å². The van der Waals surface area contributed by atoms with E-state index >= 15 is 0 Å². The molecule has 2 aliphatic heterocycles. The molecule has 1 aromatic heterocycles. The number of nitrogens with zero attached hydrogens (tertiary/aromatic N) is 4. The van der Waals surface area contributed by atoms with Gasteiger partial charge in [-0.3, -0.25) is 14.9 Å². The van der Waals surface area contributed by atoms with Gasteiger partial charge >= 0.3 is 0 Å². The molecule has 1 saturated heterocycles. The zero-order valence-corrected chi connectivity index (χ0v) is 16.6. The Balaban J connectivity index is 1.41. The number of amides is 1. The molecule has 2 aliphatic rings. The van der Waals surface area contributed by atoms with Crippen molar-refractivity contribution in [3.05, 3.63) is 57.8 Å². The molecule has 30 heavy (non-hydrogen) atoms. The van der Waals surface area contributed by atoms with Crippen LogP contribution in [-0.2, 0) is 4.79 Å². The van der Waals surface area contributed by atoms with Gasteiger partial charge in [-0.2, -0.15) is 0 Å². The molecular formula is C21H22N4O5. The largest absolute Gasteiger partial charge is 0.490 e. The summed E-state index contributed by atoms with van der Waals surface area (Å²) in [5.41, 5.74) is 1.41. The summed E-state index contributed by atoms with van der Waals surface area (Å²) in [4.78, 5) is 31.3. The first-order chi connectivity index (χ1) is 14.6. The van der Waals surface area contributed by atoms with Gasteiger partial charge < -0.3 is 19.3 Å². The first-order valence-electron chi connectivity index (χ1n) is 9.80. The predicted octanol–water partition coefficient (Wildman–Crippen LogP) is 2.51. The lowest BCUT2D eigenvalue weighted by Crippen LogP contribution is -2.49. The van der Waals surface area contributed by atoms with E-state index in [0.29, 0.717) is 55.7 Å². The fraction of sp³-hybridized carbons (Fsp3) is 0.333. The van der Waals surface area contributed by atoms with Crippen LogP contribution in [0.25, 0.3) is 6.08 Å². The van der Waals surface area contributed by atoms with Crippen molar-refractivity contribution in [1.29, 1.82) is 0 Å². The molecule has 1 aromatic carbocycles. The number of anilines is 1. The number of carbonyl (C=O) groups is 1. The van der Waals surface area contributed by atoms with Crippen molar-refractivity contribution in [2.75, 3.05) is 44.3 Å². The molecule has 9 heteroatoms. The number of hydrogen-bond donors (Lipinski definition) is 0. The maximum atomic E-state index is 13.0. The van der Waals surface area contributed by atoms with Gasteiger partial charge in [0.1, 0.15) is 18.6 Å². The number of nitro groups is 1. The molecule has 0 bridgehead atoms. The molecule has 2 aromatic rings. The smallest absolute Gasteiger partial charge is 0.287 e. The van der Waals surface area contributed by atoms with Crippen LogP contribution >= 0.6 is 0 Å². The molecule has 4 rings (SSSR count). The van der Waals surface area contributed by atoms with Gasteiger partial charge in [0, 0.05) is 37.8 Å². The average molecular weight is 410 g/mol. The first-order valence-corrected chi connectivity index (χ1v) is 9.80. The quantitative estimate of drug-likeness (QED) is 0.552. The Morgan fingerprint density at radius 2 is 2.03 bits per heavy atom. The zero-order valence-electron chi connectivity index (χ0n) is 16.6. The fourth-order valence-corrected chi connectivity index (χ4v) is 3.59. The Morgan fingerprint density at radius 1 is 1.23 bits per heavy atom. The number of hydrogen-bond acceptors (Lipinski definition) is 7. The Hall–Kier alpha value is -3.62. The highest BCUT2D eigenvalue weighted by Crippen LogP contribution is 2.36. The minimum absolute atomic E-state index is 0.0374. The van der Waals surface area contributed by atoms with E-state index in [4.69, 9.17) is 9.47 Å². The van der Waals surface area contributed by atoms with Crippen LogP contribution < -0.4 is 14.4 Å². The summed E-state index contributed by atoms with van der Waals surface area (Å²) in [6.07, 6.45) is 3.12. The van der Waals surface area contributed by atoms with Crippen LogP contribution in [0.3, 0.4) is 0 Å². The van der Waals surface area contributed by atoms with E-state index in [1.165, 1.54) is 12.3 Å². The average Bonchev–Trinajstić information content (AvgIpc) is 2.79. The molecule has 0 unspecified atom stereocenters. The number of para-hydroxylation sites is 1. The number of rotatable bonds is 5. The van der Waals surface area contributed by atoms with E-state index < -0.39 is 4.92 Å². The van der Waals surface area contributed by atoms with Crippen molar-refractivity contribution < 1.29 is 19.2 Å². The number of pyridine rings is 1. The molecule has 0 aliphatic carbocycles. The van der Waals surface area contributed by atoms with Crippen molar-refractivity contribution in [2.24, 2.45) is 0 Å². The van der Waals surface area contributed by atoms with Gasteiger partial charge in [0.05, 0.1) is 17.1 Å². The minimum Gasteiger partial charge on any atom is -0.490 e. The second-order valence-corrected chi connectivity index (χ2v) is 6.98. The van der Waals surface area contributed by atoms with Crippen molar-refractivity contribution in [3.63, 3.8) is 0 Å². The number of carbonyl (C=O) groups excluding carboxylic acids is 1. The molecule has 0 atom stereocenters. The van der Waals surface area contributed by atoms with E-state index in [9.17, 15) is 14.9 Å². The highest BCUT2D eigenvalue weighted by Gasteiger charge is 2.27. The van der Waals surface area contributed by atoms with Crippen molar-refractivity contribution in [3.8, 4) is 11.5 Å². The molecule has 3 heterocycles. The monoisotopic (exact) mass is 410 g/mol. The molecule has 0 saturated carbocycles.